The van der Waals surface area contributed by atoms with Crippen LogP contribution in [0.25, 0.3) is 0 Å². The summed E-state index contributed by atoms with van der Waals surface area (Å²) >= 11 is 0. The van der Waals surface area contributed by atoms with Crippen molar-refractivity contribution in [3.8, 4) is 0 Å². The van der Waals surface area contributed by atoms with Crippen LogP contribution in [0.3, 0.4) is 0 Å². The molecule has 76 valence electrons. The van der Waals surface area contributed by atoms with Crippen molar-refractivity contribution >= 4 is 5.91 Å². The third kappa shape index (κ3) is 3.35. The van der Waals surface area contributed by atoms with Crippen LogP contribution in [0.4, 0.5) is 0 Å². The number of amides is 1. The van der Waals surface area contributed by atoms with Gasteiger partial charge in [-0.05, 0) is 18.8 Å². The van der Waals surface area contributed by atoms with Gasteiger partial charge in [0.2, 0.25) is 5.91 Å². The summed E-state index contributed by atoms with van der Waals surface area (Å²) in [5.74, 6) is 0.272. The van der Waals surface area contributed by atoms with Gasteiger partial charge in [0, 0.05) is 0 Å². The highest BCUT2D eigenvalue weighted by atomic mass is 16.5. The van der Waals surface area contributed by atoms with Crippen LogP contribution in [0.1, 0.15) is 39.0 Å². The lowest BCUT2D eigenvalue weighted by Gasteiger charge is -2.30. The minimum atomic E-state index is -0.361. The van der Waals surface area contributed by atoms with Crippen LogP contribution in [0, 0.1) is 5.92 Å². The van der Waals surface area contributed by atoms with E-state index < -0.39 is 0 Å². The molecule has 13 heavy (non-hydrogen) atoms. The third-order valence-electron chi connectivity index (χ3n) is 2.80. The number of primary amides is 1. The van der Waals surface area contributed by atoms with Gasteiger partial charge in [0.15, 0.2) is 0 Å². The van der Waals surface area contributed by atoms with Crippen LogP contribution in [-0.4, -0.2) is 18.6 Å². The first-order valence-corrected chi connectivity index (χ1v) is 5.14. The molecule has 0 heterocycles. The van der Waals surface area contributed by atoms with Crippen molar-refractivity contribution in [2.45, 2.75) is 45.1 Å². The molecule has 2 atom stereocenters. The highest BCUT2D eigenvalue weighted by molar-refractivity contribution is 5.75. The van der Waals surface area contributed by atoms with Gasteiger partial charge in [-0.2, -0.15) is 0 Å². The van der Waals surface area contributed by atoms with Gasteiger partial charge in [-0.25, -0.2) is 0 Å². The largest absolute Gasteiger partial charge is 0.368 e. The molecule has 1 fully saturated rings. The molecule has 0 aromatic rings. The van der Waals surface area contributed by atoms with Gasteiger partial charge in [-0.15, -0.1) is 0 Å². The first kappa shape index (κ1) is 10.5. The normalized spacial score (nSPS) is 28.7. The average Bonchev–Trinajstić information content (AvgIpc) is 2.15. The molecule has 0 saturated heterocycles. The Hall–Kier alpha value is -0.570. The molecule has 0 aliphatic heterocycles. The Morgan fingerprint density at radius 2 is 2.15 bits per heavy atom. The molecule has 0 spiro atoms. The molecule has 1 amide bonds. The summed E-state index contributed by atoms with van der Waals surface area (Å²) in [6.45, 7) is 2.26. The van der Waals surface area contributed by atoms with Crippen LogP contribution >= 0.6 is 0 Å². The first-order valence-electron chi connectivity index (χ1n) is 5.14. The molecule has 1 saturated carbocycles. The van der Waals surface area contributed by atoms with Crippen molar-refractivity contribution in [1.29, 1.82) is 0 Å². The van der Waals surface area contributed by atoms with Crippen molar-refractivity contribution in [2.24, 2.45) is 11.7 Å². The number of carbonyl (C=O) groups is 1. The van der Waals surface area contributed by atoms with Gasteiger partial charge in [0.1, 0.15) is 6.61 Å². The van der Waals surface area contributed by atoms with Crippen molar-refractivity contribution in [1.82, 2.24) is 0 Å². The third-order valence-corrected chi connectivity index (χ3v) is 2.80. The molecule has 1 rings (SSSR count). The average molecular weight is 185 g/mol. The monoisotopic (exact) mass is 185 g/mol. The molecule has 1 aliphatic rings. The molecule has 0 radical (unpaired) electrons. The minimum absolute atomic E-state index is 0.0845. The van der Waals surface area contributed by atoms with E-state index in [0.29, 0.717) is 5.92 Å². The quantitative estimate of drug-likeness (QED) is 0.720. The summed E-state index contributed by atoms with van der Waals surface area (Å²) in [6, 6.07) is 0. The fourth-order valence-electron chi connectivity index (χ4n) is 2.05. The van der Waals surface area contributed by atoms with Crippen molar-refractivity contribution in [2.75, 3.05) is 6.61 Å². The van der Waals surface area contributed by atoms with E-state index in [9.17, 15) is 4.79 Å². The molecule has 2 N–H and O–H groups in total. The van der Waals surface area contributed by atoms with Crippen LogP contribution in [0.15, 0.2) is 0 Å². The molecular formula is C10H19NO2. The van der Waals surface area contributed by atoms with E-state index in [1.54, 1.807) is 0 Å². The molecule has 2 unspecified atom stereocenters. The van der Waals surface area contributed by atoms with E-state index in [1.165, 1.54) is 19.3 Å². The number of rotatable bonds is 4. The van der Waals surface area contributed by atoms with E-state index in [-0.39, 0.29) is 18.6 Å². The number of ether oxygens (including phenoxy) is 1. The fourth-order valence-corrected chi connectivity index (χ4v) is 2.05. The summed E-state index contributed by atoms with van der Waals surface area (Å²) in [6.07, 6.45) is 6.26. The zero-order valence-corrected chi connectivity index (χ0v) is 8.29. The smallest absolute Gasteiger partial charge is 0.243 e. The Labute approximate surface area is 79.6 Å². The molecule has 0 aromatic carbocycles. The SMILES string of the molecule is CCC1CCCCC1OCC(N)=O. The molecular weight excluding hydrogens is 166 g/mol. The second-order valence-electron chi connectivity index (χ2n) is 3.77. The summed E-state index contributed by atoms with van der Waals surface area (Å²) in [4.78, 5) is 10.5. The molecule has 3 nitrogen and oxygen atoms in total. The highest BCUT2D eigenvalue weighted by Gasteiger charge is 2.24. The van der Waals surface area contributed by atoms with Crippen LogP contribution in [0.2, 0.25) is 0 Å². The lowest BCUT2D eigenvalue weighted by atomic mass is 9.85. The molecule has 3 heteroatoms. The minimum Gasteiger partial charge on any atom is -0.368 e. The van der Waals surface area contributed by atoms with E-state index in [4.69, 9.17) is 10.5 Å². The fraction of sp³-hybridized carbons (Fsp3) is 0.900. The topological polar surface area (TPSA) is 52.3 Å². The molecule has 0 bridgehead atoms. The maximum atomic E-state index is 10.5. The summed E-state index contributed by atoms with van der Waals surface area (Å²) in [5, 5.41) is 0. The Morgan fingerprint density at radius 1 is 1.46 bits per heavy atom. The van der Waals surface area contributed by atoms with Crippen LogP contribution < -0.4 is 5.73 Å². The van der Waals surface area contributed by atoms with Gasteiger partial charge >= 0.3 is 0 Å². The molecule has 1 aliphatic carbocycles. The van der Waals surface area contributed by atoms with E-state index in [1.807, 2.05) is 0 Å². The summed E-state index contributed by atoms with van der Waals surface area (Å²) in [5.41, 5.74) is 5.03. The van der Waals surface area contributed by atoms with Gasteiger partial charge in [0.05, 0.1) is 6.10 Å². The second kappa shape index (κ2) is 5.22. The van der Waals surface area contributed by atoms with Crippen molar-refractivity contribution in [3.05, 3.63) is 0 Å². The first-order chi connectivity index (χ1) is 6.24. The number of hydrogen-bond donors (Lipinski definition) is 1. The van der Waals surface area contributed by atoms with Crippen LogP contribution in [-0.2, 0) is 9.53 Å². The van der Waals surface area contributed by atoms with Gasteiger partial charge in [0.25, 0.3) is 0 Å². The van der Waals surface area contributed by atoms with E-state index >= 15 is 0 Å². The number of carbonyl (C=O) groups excluding carboxylic acids is 1. The number of hydrogen-bond acceptors (Lipinski definition) is 2. The van der Waals surface area contributed by atoms with Gasteiger partial charge < -0.3 is 10.5 Å². The van der Waals surface area contributed by atoms with E-state index in [2.05, 4.69) is 6.92 Å². The Morgan fingerprint density at radius 3 is 2.77 bits per heavy atom. The predicted molar refractivity (Wildman–Crippen MR) is 51.2 cm³/mol. The standard InChI is InChI=1S/C10H19NO2/c1-2-8-5-3-4-6-9(8)13-7-10(11)12/h8-9H,2-7H2,1H3,(H2,11,12). The summed E-state index contributed by atoms with van der Waals surface area (Å²) < 4.78 is 5.47. The maximum absolute atomic E-state index is 10.5. The zero-order valence-electron chi connectivity index (χ0n) is 8.29. The predicted octanol–water partition coefficient (Wildman–Crippen LogP) is 1.46. The Balaban J connectivity index is 2.31. The Kier molecular flexibility index (Phi) is 4.22. The lowest BCUT2D eigenvalue weighted by molar-refractivity contribution is -0.126. The van der Waals surface area contributed by atoms with Gasteiger partial charge in [-0.3, -0.25) is 4.79 Å². The van der Waals surface area contributed by atoms with Crippen molar-refractivity contribution < 1.29 is 9.53 Å². The van der Waals surface area contributed by atoms with Crippen LogP contribution in [0.5, 0.6) is 0 Å². The maximum Gasteiger partial charge on any atom is 0.243 e. The van der Waals surface area contributed by atoms with Gasteiger partial charge in [-0.1, -0.05) is 26.2 Å². The van der Waals surface area contributed by atoms with E-state index in [0.717, 1.165) is 12.8 Å². The zero-order chi connectivity index (χ0) is 9.68. The lowest BCUT2D eigenvalue weighted by Crippen LogP contribution is -2.31. The Bertz CT molecular complexity index is 170. The highest BCUT2D eigenvalue weighted by Crippen LogP contribution is 2.28. The molecule has 0 aromatic heterocycles. The second-order valence-corrected chi connectivity index (χ2v) is 3.77. The van der Waals surface area contributed by atoms with Crippen molar-refractivity contribution in [3.63, 3.8) is 0 Å². The number of nitrogens with two attached hydrogens (primary N) is 1. The summed E-state index contributed by atoms with van der Waals surface area (Å²) in [7, 11) is 0.